The summed E-state index contributed by atoms with van der Waals surface area (Å²) < 4.78 is 1.68. The summed E-state index contributed by atoms with van der Waals surface area (Å²) in [6.45, 7) is 6.50. The van der Waals surface area contributed by atoms with Crippen molar-refractivity contribution in [3.8, 4) is 0 Å². The lowest BCUT2D eigenvalue weighted by molar-refractivity contribution is 0.0913. The molecule has 0 unspecified atom stereocenters. The fourth-order valence-electron chi connectivity index (χ4n) is 1.40. The molecule has 16 heavy (non-hydrogen) atoms. The summed E-state index contributed by atoms with van der Waals surface area (Å²) in [5.74, 6) is -0.185. The van der Waals surface area contributed by atoms with Crippen LogP contribution in [0.25, 0.3) is 0 Å². The van der Waals surface area contributed by atoms with Crippen LogP contribution in [0.1, 0.15) is 37.0 Å². The molecule has 1 atom stereocenters. The van der Waals surface area contributed by atoms with E-state index in [-0.39, 0.29) is 12.5 Å². The number of carbonyl (C=O) groups excluding carboxylic acids is 1. The van der Waals surface area contributed by atoms with Crippen LogP contribution in [0.4, 0.5) is 0 Å². The van der Waals surface area contributed by atoms with Crippen LogP contribution < -0.4 is 5.32 Å². The van der Waals surface area contributed by atoms with E-state index in [0.717, 1.165) is 12.1 Å². The molecule has 5 heteroatoms. The zero-order valence-corrected chi connectivity index (χ0v) is 10.0. The van der Waals surface area contributed by atoms with Gasteiger partial charge in [0.05, 0.1) is 11.8 Å². The molecule has 5 nitrogen and oxygen atoms in total. The highest BCUT2D eigenvalue weighted by molar-refractivity contribution is 5.92. The third-order valence-electron chi connectivity index (χ3n) is 2.28. The smallest absolute Gasteiger partial charge is 0.269 e. The number of nitrogens with one attached hydrogen (secondary N) is 1. The van der Waals surface area contributed by atoms with Crippen molar-refractivity contribution in [1.29, 1.82) is 0 Å². The average Bonchev–Trinajstić information content (AvgIpc) is 2.68. The van der Waals surface area contributed by atoms with Gasteiger partial charge in [-0.15, -0.1) is 0 Å². The van der Waals surface area contributed by atoms with Crippen molar-refractivity contribution in [2.75, 3.05) is 6.54 Å². The van der Waals surface area contributed by atoms with Crippen LogP contribution in [0, 0.1) is 0 Å². The molecule has 0 aromatic carbocycles. The quantitative estimate of drug-likeness (QED) is 0.770. The number of aliphatic hydroxyl groups is 1. The molecule has 0 aliphatic heterocycles. The number of aromatic nitrogens is 2. The Morgan fingerprint density at radius 2 is 2.31 bits per heavy atom. The standard InChI is InChI=1S/C11H19N3O2/c1-4-9-6-10(14(5-2)13-9)11(16)12-7-8(3)15/h6,8,15H,4-5,7H2,1-3H3,(H,12,16)/t8-/m0/s1. The largest absolute Gasteiger partial charge is 0.392 e. The third kappa shape index (κ3) is 3.06. The van der Waals surface area contributed by atoms with Gasteiger partial charge in [0, 0.05) is 13.1 Å². The number of carbonyl (C=O) groups is 1. The maximum Gasteiger partial charge on any atom is 0.269 e. The molecule has 1 rings (SSSR count). The second-order valence-corrected chi connectivity index (χ2v) is 3.75. The van der Waals surface area contributed by atoms with Crippen LogP contribution in [0.5, 0.6) is 0 Å². The van der Waals surface area contributed by atoms with Crippen molar-refractivity contribution in [3.63, 3.8) is 0 Å². The zero-order valence-electron chi connectivity index (χ0n) is 10.0. The first-order valence-corrected chi connectivity index (χ1v) is 5.61. The number of aliphatic hydroxyl groups excluding tert-OH is 1. The summed E-state index contributed by atoms with van der Waals surface area (Å²) in [5, 5.41) is 16.0. The lowest BCUT2D eigenvalue weighted by Gasteiger charge is -2.07. The summed E-state index contributed by atoms with van der Waals surface area (Å²) in [7, 11) is 0. The molecular weight excluding hydrogens is 206 g/mol. The molecular formula is C11H19N3O2. The van der Waals surface area contributed by atoms with Crippen molar-refractivity contribution in [2.24, 2.45) is 0 Å². The van der Waals surface area contributed by atoms with Gasteiger partial charge in [-0.25, -0.2) is 0 Å². The molecule has 0 saturated heterocycles. The van der Waals surface area contributed by atoms with E-state index < -0.39 is 6.10 Å². The Morgan fingerprint density at radius 3 is 2.81 bits per heavy atom. The van der Waals surface area contributed by atoms with Gasteiger partial charge in [0.2, 0.25) is 0 Å². The van der Waals surface area contributed by atoms with Gasteiger partial charge >= 0.3 is 0 Å². The summed E-state index contributed by atoms with van der Waals surface area (Å²) in [6.07, 6.45) is 0.275. The molecule has 0 bridgehead atoms. The van der Waals surface area contributed by atoms with E-state index in [0.29, 0.717) is 12.2 Å². The minimum atomic E-state index is -0.535. The number of amides is 1. The van der Waals surface area contributed by atoms with E-state index in [1.165, 1.54) is 0 Å². The molecule has 0 spiro atoms. The summed E-state index contributed by atoms with van der Waals surface area (Å²) in [6, 6.07) is 1.79. The number of nitrogens with zero attached hydrogens (tertiary/aromatic N) is 2. The second kappa shape index (κ2) is 5.65. The van der Waals surface area contributed by atoms with E-state index in [9.17, 15) is 4.79 Å². The van der Waals surface area contributed by atoms with Crippen LogP contribution in [0.2, 0.25) is 0 Å². The molecule has 0 saturated carbocycles. The van der Waals surface area contributed by atoms with E-state index in [2.05, 4.69) is 10.4 Å². The minimum absolute atomic E-state index is 0.185. The number of hydrogen-bond donors (Lipinski definition) is 2. The van der Waals surface area contributed by atoms with Gasteiger partial charge in [-0.3, -0.25) is 9.48 Å². The summed E-state index contributed by atoms with van der Waals surface area (Å²) >= 11 is 0. The van der Waals surface area contributed by atoms with E-state index >= 15 is 0 Å². The van der Waals surface area contributed by atoms with Crippen molar-refractivity contribution >= 4 is 5.91 Å². The van der Waals surface area contributed by atoms with Gasteiger partial charge < -0.3 is 10.4 Å². The minimum Gasteiger partial charge on any atom is -0.392 e. The maximum atomic E-state index is 11.8. The van der Waals surface area contributed by atoms with E-state index in [4.69, 9.17) is 5.11 Å². The SMILES string of the molecule is CCc1cc(C(=O)NC[C@H](C)O)n(CC)n1. The van der Waals surface area contributed by atoms with Gasteiger partial charge in [-0.1, -0.05) is 6.92 Å². The van der Waals surface area contributed by atoms with Gasteiger partial charge in [0.1, 0.15) is 5.69 Å². The van der Waals surface area contributed by atoms with Crippen LogP contribution in [-0.4, -0.2) is 33.4 Å². The first-order chi connectivity index (χ1) is 7.58. The highest BCUT2D eigenvalue weighted by Gasteiger charge is 2.13. The van der Waals surface area contributed by atoms with Crippen molar-refractivity contribution in [1.82, 2.24) is 15.1 Å². The first kappa shape index (κ1) is 12.7. The Hall–Kier alpha value is -1.36. The van der Waals surface area contributed by atoms with Gasteiger partial charge in [0.25, 0.3) is 5.91 Å². The number of hydrogen-bond acceptors (Lipinski definition) is 3. The third-order valence-corrected chi connectivity index (χ3v) is 2.28. The van der Waals surface area contributed by atoms with Gasteiger partial charge in [-0.05, 0) is 26.3 Å². The molecule has 0 fully saturated rings. The molecule has 1 heterocycles. The van der Waals surface area contributed by atoms with Crippen molar-refractivity contribution < 1.29 is 9.90 Å². The Labute approximate surface area is 95.5 Å². The zero-order chi connectivity index (χ0) is 12.1. The number of aryl methyl sites for hydroxylation is 2. The first-order valence-electron chi connectivity index (χ1n) is 5.61. The molecule has 1 aromatic rings. The molecule has 2 N–H and O–H groups in total. The van der Waals surface area contributed by atoms with Gasteiger partial charge in [-0.2, -0.15) is 5.10 Å². The molecule has 0 aliphatic carbocycles. The molecule has 0 aliphatic rings. The predicted octanol–water partition coefficient (Wildman–Crippen LogP) is 0.576. The molecule has 1 aromatic heterocycles. The van der Waals surface area contributed by atoms with Crippen LogP contribution in [-0.2, 0) is 13.0 Å². The fraction of sp³-hybridized carbons (Fsp3) is 0.636. The number of rotatable bonds is 5. The molecule has 90 valence electrons. The van der Waals surface area contributed by atoms with Crippen molar-refractivity contribution in [3.05, 3.63) is 17.5 Å². The Balaban J connectivity index is 2.77. The van der Waals surface area contributed by atoms with E-state index in [1.807, 2.05) is 13.8 Å². The normalized spacial score (nSPS) is 12.5. The fourth-order valence-corrected chi connectivity index (χ4v) is 1.40. The lowest BCUT2D eigenvalue weighted by Crippen LogP contribution is -2.32. The Bertz CT molecular complexity index is 358. The lowest BCUT2D eigenvalue weighted by atomic mass is 10.3. The highest BCUT2D eigenvalue weighted by atomic mass is 16.3. The Morgan fingerprint density at radius 1 is 1.62 bits per heavy atom. The van der Waals surface area contributed by atoms with Crippen LogP contribution >= 0.6 is 0 Å². The van der Waals surface area contributed by atoms with Crippen molar-refractivity contribution in [2.45, 2.75) is 39.8 Å². The van der Waals surface area contributed by atoms with Gasteiger partial charge in [0.15, 0.2) is 0 Å². The highest BCUT2D eigenvalue weighted by Crippen LogP contribution is 2.05. The monoisotopic (exact) mass is 225 g/mol. The van der Waals surface area contributed by atoms with Crippen LogP contribution in [0.3, 0.4) is 0 Å². The summed E-state index contributed by atoms with van der Waals surface area (Å²) in [5.41, 5.74) is 1.46. The predicted molar refractivity (Wildman–Crippen MR) is 61.3 cm³/mol. The maximum absolute atomic E-state index is 11.8. The summed E-state index contributed by atoms with van der Waals surface area (Å²) in [4.78, 5) is 11.8. The topological polar surface area (TPSA) is 67.2 Å². The molecule has 1 amide bonds. The Kier molecular flexibility index (Phi) is 4.49. The van der Waals surface area contributed by atoms with Crippen LogP contribution in [0.15, 0.2) is 6.07 Å². The second-order valence-electron chi connectivity index (χ2n) is 3.75. The average molecular weight is 225 g/mol. The van der Waals surface area contributed by atoms with E-state index in [1.54, 1.807) is 17.7 Å². The molecule has 0 radical (unpaired) electrons.